The topological polar surface area (TPSA) is 75.5 Å². The van der Waals surface area contributed by atoms with E-state index in [2.05, 4.69) is 4.98 Å². The van der Waals surface area contributed by atoms with Crippen LogP contribution in [-0.4, -0.2) is 36.8 Å². The van der Waals surface area contributed by atoms with Crippen LogP contribution in [0.15, 0.2) is 40.1 Å². The second-order valence-corrected chi connectivity index (χ2v) is 6.76. The molecule has 3 aromatic heterocycles. The minimum atomic E-state index is -0.408. The van der Waals surface area contributed by atoms with Crippen LogP contribution in [0.3, 0.4) is 0 Å². The minimum Gasteiger partial charge on any atom is -0.383 e. The highest BCUT2D eigenvalue weighted by molar-refractivity contribution is 6.30. The summed E-state index contributed by atoms with van der Waals surface area (Å²) < 4.78 is 11.4. The van der Waals surface area contributed by atoms with Gasteiger partial charge in [0.15, 0.2) is 11.2 Å². The van der Waals surface area contributed by atoms with E-state index < -0.39 is 5.69 Å². The van der Waals surface area contributed by atoms with Gasteiger partial charge in [0.05, 0.1) is 12.3 Å². The number of benzene rings is 1. The number of hydrogen-bond acceptors (Lipinski definition) is 4. The summed E-state index contributed by atoms with van der Waals surface area (Å²) in [7, 11) is 4.70. The van der Waals surface area contributed by atoms with Crippen LogP contribution in [0.5, 0.6) is 0 Å². The molecule has 1 aromatic carbocycles. The van der Waals surface area contributed by atoms with Gasteiger partial charge in [0.2, 0.25) is 5.78 Å². The van der Waals surface area contributed by atoms with Crippen LogP contribution in [0.1, 0.15) is 0 Å². The van der Waals surface area contributed by atoms with Crippen molar-refractivity contribution in [1.29, 1.82) is 0 Å². The first-order valence-electron chi connectivity index (χ1n) is 8.36. The first-order valence-corrected chi connectivity index (χ1v) is 8.74. The molecule has 4 aromatic rings. The smallest absolute Gasteiger partial charge is 0.332 e. The molecule has 0 saturated carbocycles. The molecule has 0 aliphatic rings. The molecule has 0 fully saturated rings. The lowest BCUT2D eigenvalue weighted by atomic mass is 10.2. The number of aromatic nitrogens is 5. The molecule has 27 heavy (non-hydrogen) atoms. The predicted molar refractivity (Wildman–Crippen MR) is 103 cm³/mol. The molecule has 3 heterocycles. The zero-order valence-electron chi connectivity index (χ0n) is 15.1. The molecule has 8 nitrogen and oxygen atoms in total. The Bertz CT molecular complexity index is 1280. The average Bonchev–Trinajstić information content (AvgIpc) is 3.20. The summed E-state index contributed by atoms with van der Waals surface area (Å²) in [4.78, 5) is 29.5. The second kappa shape index (κ2) is 6.40. The molecular formula is C18H18ClN5O3. The maximum atomic E-state index is 12.7. The summed E-state index contributed by atoms with van der Waals surface area (Å²) in [5, 5.41) is 0.646. The van der Waals surface area contributed by atoms with Gasteiger partial charge in [-0.2, -0.15) is 4.98 Å². The normalized spacial score (nSPS) is 11.7. The number of aryl methyl sites for hydroxylation is 1. The maximum Gasteiger partial charge on any atom is 0.332 e. The monoisotopic (exact) mass is 387 g/mol. The number of methoxy groups -OCH3 is 1. The summed E-state index contributed by atoms with van der Waals surface area (Å²) >= 11 is 6.01. The quantitative estimate of drug-likeness (QED) is 0.533. The fourth-order valence-corrected chi connectivity index (χ4v) is 3.40. The number of nitrogens with zero attached hydrogens (tertiary/aromatic N) is 5. The number of rotatable bonds is 4. The highest BCUT2D eigenvalue weighted by Gasteiger charge is 2.20. The summed E-state index contributed by atoms with van der Waals surface area (Å²) in [6, 6.07) is 7.45. The van der Waals surface area contributed by atoms with Gasteiger partial charge in [-0.25, -0.2) is 4.79 Å². The van der Waals surface area contributed by atoms with Crippen molar-refractivity contribution in [2.75, 3.05) is 13.7 Å². The van der Waals surface area contributed by atoms with Gasteiger partial charge in [0.1, 0.15) is 0 Å². The molecule has 0 spiro atoms. The SMILES string of the molecule is COCCn1c(-c2ccc(Cl)cc2)cn2c3c(=O)n(C)c(=O)n(C)c3nc12. The van der Waals surface area contributed by atoms with Crippen LogP contribution in [-0.2, 0) is 25.4 Å². The van der Waals surface area contributed by atoms with Gasteiger partial charge in [0.25, 0.3) is 5.56 Å². The Labute approximate surface area is 158 Å². The van der Waals surface area contributed by atoms with Gasteiger partial charge in [-0.05, 0) is 17.7 Å². The molecule has 0 unspecified atom stereocenters. The van der Waals surface area contributed by atoms with Crippen molar-refractivity contribution in [2.24, 2.45) is 14.1 Å². The van der Waals surface area contributed by atoms with Crippen LogP contribution in [0.25, 0.3) is 28.2 Å². The lowest BCUT2D eigenvalue weighted by molar-refractivity contribution is 0.188. The highest BCUT2D eigenvalue weighted by atomic mass is 35.5. The van der Waals surface area contributed by atoms with Crippen molar-refractivity contribution in [1.82, 2.24) is 23.1 Å². The van der Waals surface area contributed by atoms with E-state index in [1.54, 1.807) is 18.6 Å². The Morgan fingerprint density at radius 3 is 2.48 bits per heavy atom. The van der Waals surface area contributed by atoms with Crippen LogP contribution < -0.4 is 11.2 Å². The lowest BCUT2D eigenvalue weighted by Gasteiger charge is -2.08. The second-order valence-electron chi connectivity index (χ2n) is 6.33. The van der Waals surface area contributed by atoms with E-state index in [-0.39, 0.29) is 5.56 Å². The first-order chi connectivity index (χ1) is 12.9. The van der Waals surface area contributed by atoms with Crippen LogP contribution in [0.2, 0.25) is 5.02 Å². The molecule has 0 N–H and O–H groups in total. The lowest BCUT2D eigenvalue weighted by Crippen LogP contribution is -2.37. The molecule has 4 rings (SSSR count). The van der Waals surface area contributed by atoms with E-state index >= 15 is 0 Å². The van der Waals surface area contributed by atoms with Gasteiger partial charge < -0.3 is 9.30 Å². The Kier molecular flexibility index (Phi) is 4.16. The van der Waals surface area contributed by atoms with E-state index in [0.717, 1.165) is 15.8 Å². The molecule has 0 aliphatic carbocycles. The van der Waals surface area contributed by atoms with Crippen molar-refractivity contribution >= 4 is 28.5 Å². The van der Waals surface area contributed by atoms with Crippen LogP contribution in [0, 0.1) is 0 Å². The Balaban J connectivity index is 2.09. The molecule has 140 valence electrons. The molecule has 9 heteroatoms. The van der Waals surface area contributed by atoms with Crippen molar-refractivity contribution < 1.29 is 4.74 Å². The average molecular weight is 388 g/mol. The molecule has 0 bridgehead atoms. The zero-order chi connectivity index (χ0) is 19.3. The Morgan fingerprint density at radius 2 is 1.81 bits per heavy atom. The summed E-state index contributed by atoms with van der Waals surface area (Å²) in [5.74, 6) is 0.574. The van der Waals surface area contributed by atoms with Gasteiger partial charge in [-0.15, -0.1) is 0 Å². The van der Waals surface area contributed by atoms with E-state index in [9.17, 15) is 9.59 Å². The molecule has 0 radical (unpaired) electrons. The van der Waals surface area contributed by atoms with Gasteiger partial charge >= 0.3 is 5.69 Å². The number of hydrogen-bond donors (Lipinski definition) is 0. The summed E-state index contributed by atoms with van der Waals surface area (Å²) in [5.41, 5.74) is 1.74. The van der Waals surface area contributed by atoms with Crippen LogP contribution in [0.4, 0.5) is 0 Å². The third-order valence-corrected chi connectivity index (χ3v) is 4.97. The van der Waals surface area contributed by atoms with Gasteiger partial charge in [-0.3, -0.25) is 18.3 Å². The third-order valence-electron chi connectivity index (χ3n) is 4.72. The van der Waals surface area contributed by atoms with E-state index in [1.165, 1.54) is 11.6 Å². The fourth-order valence-electron chi connectivity index (χ4n) is 3.27. The largest absolute Gasteiger partial charge is 0.383 e. The number of halogens is 1. The minimum absolute atomic E-state index is 0.354. The van der Waals surface area contributed by atoms with Crippen molar-refractivity contribution in [2.45, 2.75) is 6.54 Å². The number of fused-ring (bicyclic) bond motifs is 3. The third kappa shape index (κ3) is 2.60. The standard InChI is InChI=1S/C18H18ClN5O3/c1-21-15-14(16(25)22(2)18(21)26)24-10-13(11-4-6-12(19)7-5-11)23(8-9-27-3)17(24)20-15/h4-7,10H,8-9H2,1-3H3. The Morgan fingerprint density at radius 1 is 1.11 bits per heavy atom. The van der Waals surface area contributed by atoms with Gasteiger partial charge in [-0.1, -0.05) is 23.7 Å². The van der Waals surface area contributed by atoms with Crippen molar-refractivity contribution in [3.63, 3.8) is 0 Å². The molecule has 0 amide bonds. The summed E-state index contributed by atoms with van der Waals surface area (Å²) in [6.07, 6.45) is 1.86. The maximum absolute atomic E-state index is 12.7. The van der Waals surface area contributed by atoms with E-state index in [4.69, 9.17) is 16.3 Å². The zero-order valence-corrected chi connectivity index (χ0v) is 15.9. The van der Waals surface area contributed by atoms with E-state index in [0.29, 0.717) is 35.1 Å². The molecule has 0 atom stereocenters. The molecular weight excluding hydrogens is 370 g/mol. The highest BCUT2D eigenvalue weighted by Crippen LogP contribution is 2.26. The van der Waals surface area contributed by atoms with Crippen LogP contribution >= 0.6 is 11.6 Å². The Hall–Kier alpha value is -2.84. The molecule has 0 saturated heterocycles. The first kappa shape index (κ1) is 17.6. The predicted octanol–water partition coefficient (Wildman–Crippen LogP) is 1.65. The van der Waals surface area contributed by atoms with Crippen molar-refractivity contribution in [3.8, 4) is 11.3 Å². The summed E-state index contributed by atoms with van der Waals surface area (Å²) in [6.45, 7) is 1.02. The van der Waals surface area contributed by atoms with Gasteiger partial charge in [0, 0.05) is 39.0 Å². The number of ether oxygens (including phenoxy) is 1. The molecule has 0 aliphatic heterocycles. The van der Waals surface area contributed by atoms with E-state index in [1.807, 2.05) is 35.0 Å². The van der Waals surface area contributed by atoms with Crippen molar-refractivity contribution in [3.05, 3.63) is 56.3 Å². The number of imidazole rings is 2. The fraction of sp³-hybridized carbons (Fsp3) is 0.278.